The van der Waals surface area contributed by atoms with Gasteiger partial charge in [-0.2, -0.15) is 0 Å². The summed E-state index contributed by atoms with van der Waals surface area (Å²) in [5.41, 5.74) is 9.04. The van der Waals surface area contributed by atoms with Gasteiger partial charge in [-0.15, -0.1) is 0 Å². The number of benzene rings is 1. The molecule has 2 N–H and O–H groups in total. The molecule has 2 saturated heterocycles. The number of piperazine rings is 1. The van der Waals surface area contributed by atoms with Gasteiger partial charge >= 0.3 is 6.03 Å². The van der Waals surface area contributed by atoms with Crippen molar-refractivity contribution in [2.75, 3.05) is 38.5 Å². The minimum absolute atomic E-state index is 0.211. The van der Waals surface area contributed by atoms with Crippen molar-refractivity contribution >= 4 is 23.3 Å². The zero-order valence-corrected chi connectivity index (χ0v) is 15.4. The van der Waals surface area contributed by atoms with Crippen molar-refractivity contribution in [3.05, 3.63) is 28.3 Å². The van der Waals surface area contributed by atoms with Crippen LogP contribution in [0.5, 0.6) is 0 Å². The molecule has 0 saturated carbocycles. The molecule has 0 bridgehead atoms. The Labute approximate surface area is 149 Å². The number of anilines is 1. The molecule has 2 fully saturated rings. The summed E-state index contributed by atoms with van der Waals surface area (Å²) >= 11 is 6.15. The predicted octanol–water partition coefficient (Wildman–Crippen LogP) is 2.95. The van der Waals surface area contributed by atoms with Gasteiger partial charge in [-0.05, 0) is 49.9 Å². The highest BCUT2D eigenvalue weighted by molar-refractivity contribution is 6.31. The van der Waals surface area contributed by atoms with E-state index in [0.717, 1.165) is 63.4 Å². The Kier molecular flexibility index (Phi) is 5.21. The van der Waals surface area contributed by atoms with Crippen LogP contribution in [0.25, 0.3) is 0 Å². The van der Waals surface area contributed by atoms with Gasteiger partial charge in [0.2, 0.25) is 0 Å². The number of rotatable bonds is 2. The summed E-state index contributed by atoms with van der Waals surface area (Å²) in [6.45, 7) is 9.37. The van der Waals surface area contributed by atoms with E-state index in [2.05, 4.69) is 11.8 Å². The van der Waals surface area contributed by atoms with E-state index in [4.69, 9.17) is 17.3 Å². The number of nitrogens with zero attached hydrogens (tertiary/aromatic N) is 3. The van der Waals surface area contributed by atoms with E-state index in [1.807, 2.05) is 22.8 Å². The van der Waals surface area contributed by atoms with Crippen molar-refractivity contribution in [1.82, 2.24) is 14.7 Å². The van der Waals surface area contributed by atoms with Gasteiger partial charge in [0.05, 0.1) is 0 Å². The number of nitrogen functional groups attached to an aromatic ring is 1. The molecule has 2 heterocycles. The van der Waals surface area contributed by atoms with Gasteiger partial charge in [-0.3, -0.25) is 4.90 Å². The van der Waals surface area contributed by atoms with Gasteiger partial charge in [-0.1, -0.05) is 11.6 Å². The fourth-order valence-corrected chi connectivity index (χ4v) is 3.96. The van der Waals surface area contributed by atoms with Crippen molar-refractivity contribution in [3.63, 3.8) is 0 Å². The highest BCUT2D eigenvalue weighted by Crippen LogP contribution is 2.25. The molecule has 5 nitrogen and oxygen atoms in total. The summed E-state index contributed by atoms with van der Waals surface area (Å²) in [7, 11) is 0. The highest BCUT2D eigenvalue weighted by Gasteiger charge is 2.31. The van der Waals surface area contributed by atoms with Gasteiger partial charge in [0.25, 0.3) is 0 Å². The topological polar surface area (TPSA) is 52.8 Å². The van der Waals surface area contributed by atoms with Crippen LogP contribution in [0.2, 0.25) is 5.02 Å². The van der Waals surface area contributed by atoms with Gasteiger partial charge in [0.15, 0.2) is 0 Å². The fraction of sp³-hybridized carbons (Fsp3) is 0.611. The molecule has 0 radical (unpaired) electrons. The minimum Gasteiger partial charge on any atom is -0.398 e. The van der Waals surface area contributed by atoms with Crippen LogP contribution < -0.4 is 5.73 Å². The van der Waals surface area contributed by atoms with Gasteiger partial charge in [0, 0.05) is 56.0 Å². The Bertz CT molecular complexity index is 615. The predicted molar refractivity (Wildman–Crippen MR) is 98.2 cm³/mol. The second-order valence-corrected chi connectivity index (χ2v) is 7.47. The summed E-state index contributed by atoms with van der Waals surface area (Å²) in [4.78, 5) is 19.0. The number of halogens is 1. The summed E-state index contributed by atoms with van der Waals surface area (Å²) in [5.74, 6) is 0. The molecule has 0 aromatic heterocycles. The first-order valence-electron chi connectivity index (χ1n) is 8.78. The molecule has 2 amide bonds. The summed E-state index contributed by atoms with van der Waals surface area (Å²) in [5, 5.41) is 0.684. The molecule has 1 unspecified atom stereocenters. The van der Waals surface area contributed by atoms with Crippen LogP contribution in [0, 0.1) is 6.92 Å². The molecular formula is C18H27ClN4O. The monoisotopic (exact) mass is 350 g/mol. The van der Waals surface area contributed by atoms with E-state index < -0.39 is 0 Å². The number of hydrogen-bond acceptors (Lipinski definition) is 3. The smallest absolute Gasteiger partial charge is 0.320 e. The first kappa shape index (κ1) is 17.4. The average molecular weight is 351 g/mol. The molecule has 6 heteroatoms. The second kappa shape index (κ2) is 7.19. The zero-order chi connectivity index (χ0) is 17.3. The second-order valence-electron chi connectivity index (χ2n) is 7.03. The molecule has 1 aromatic rings. The van der Waals surface area contributed by atoms with Crippen molar-refractivity contribution < 1.29 is 4.79 Å². The Morgan fingerprint density at radius 1 is 1.25 bits per heavy atom. The molecule has 2 aliphatic rings. The number of likely N-dealkylation sites (tertiary alicyclic amines) is 1. The Morgan fingerprint density at radius 3 is 2.62 bits per heavy atom. The molecule has 3 rings (SSSR count). The van der Waals surface area contributed by atoms with Crippen LogP contribution in [0.1, 0.15) is 30.9 Å². The van der Waals surface area contributed by atoms with Crippen LogP contribution in [0.3, 0.4) is 0 Å². The minimum atomic E-state index is 0.211. The van der Waals surface area contributed by atoms with Gasteiger partial charge < -0.3 is 15.5 Å². The average Bonchev–Trinajstić information content (AvgIpc) is 3.06. The van der Waals surface area contributed by atoms with Crippen molar-refractivity contribution in [1.29, 1.82) is 0 Å². The molecule has 132 valence electrons. The molecular weight excluding hydrogens is 324 g/mol. The largest absolute Gasteiger partial charge is 0.398 e. The van der Waals surface area contributed by atoms with Crippen molar-refractivity contribution in [3.8, 4) is 0 Å². The van der Waals surface area contributed by atoms with E-state index in [-0.39, 0.29) is 12.1 Å². The van der Waals surface area contributed by atoms with Gasteiger partial charge in [0.1, 0.15) is 0 Å². The Balaban J connectivity index is 1.62. The fourth-order valence-electron chi connectivity index (χ4n) is 3.71. The Morgan fingerprint density at radius 2 is 1.96 bits per heavy atom. The molecule has 1 aromatic carbocycles. The zero-order valence-electron chi connectivity index (χ0n) is 14.6. The van der Waals surface area contributed by atoms with Crippen molar-refractivity contribution in [2.24, 2.45) is 0 Å². The molecule has 24 heavy (non-hydrogen) atoms. The normalized spacial score (nSPS) is 22.2. The summed E-state index contributed by atoms with van der Waals surface area (Å²) in [6.07, 6.45) is 2.27. The maximum atomic E-state index is 12.6. The first-order valence-corrected chi connectivity index (χ1v) is 9.16. The van der Waals surface area contributed by atoms with E-state index in [9.17, 15) is 4.79 Å². The number of hydrogen-bond donors (Lipinski definition) is 1. The van der Waals surface area contributed by atoms with E-state index in [1.54, 1.807) is 6.07 Å². The van der Waals surface area contributed by atoms with Gasteiger partial charge in [-0.25, -0.2) is 4.79 Å². The third kappa shape index (κ3) is 3.62. The summed E-state index contributed by atoms with van der Waals surface area (Å²) < 4.78 is 0. The molecule has 0 spiro atoms. The maximum absolute atomic E-state index is 12.6. The standard InChI is InChI=1S/C18H27ClN4O/c1-13-11-21(12-15-9-16(19)10-17(20)14(15)2)7-8-23(13)18(24)22-5-3-4-6-22/h9-10,13H,3-8,11-12,20H2,1-2H3. The molecule has 1 atom stereocenters. The quantitative estimate of drug-likeness (QED) is 0.834. The number of amides is 2. The van der Waals surface area contributed by atoms with Crippen molar-refractivity contribution in [2.45, 2.75) is 39.3 Å². The highest BCUT2D eigenvalue weighted by atomic mass is 35.5. The lowest BCUT2D eigenvalue weighted by Gasteiger charge is -2.41. The molecule has 2 aliphatic heterocycles. The number of carbonyl (C=O) groups is 1. The number of carbonyl (C=O) groups excluding carboxylic acids is 1. The van der Waals surface area contributed by atoms with Crippen LogP contribution in [-0.4, -0.2) is 59.5 Å². The van der Waals surface area contributed by atoms with E-state index >= 15 is 0 Å². The van der Waals surface area contributed by atoms with E-state index in [1.165, 1.54) is 5.56 Å². The van der Waals surface area contributed by atoms with Crippen LogP contribution in [0.15, 0.2) is 12.1 Å². The maximum Gasteiger partial charge on any atom is 0.320 e. The molecule has 0 aliphatic carbocycles. The lowest BCUT2D eigenvalue weighted by molar-refractivity contribution is 0.0814. The third-order valence-electron chi connectivity index (χ3n) is 5.25. The third-order valence-corrected chi connectivity index (χ3v) is 5.47. The first-order chi connectivity index (χ1) is 11.5. The Hall–Kier alpha value is -1.46. The van der Waals surface area contributed by atoms with Crippen LogP contribution >= 0.6 is 11.6 Å². The van der Waals surface area contributed by atoms with Crippen LogP contribution in [-0.2, 0) is 6.54 Å². The summed E-state index contributed by atoms with van der Waals surface area (Å²) in [6, 6.07) is 4.24. The number of nitrogens with two attached hydrogens (primary N) is 1. The SMILES string of the molecule is Cc1c(N)cc(Cl)cc1CN1CCN(C(=O)N2CCCC2)C(C)C1. The lowest BCUT2D eigenvalue weighted by atomic mass is 10.1. The lowest BCUT2D eigenvalue weighted by Crippen LogP contribution is -2.56. The van der Waals surface area contributed by atoms with Crippen LogP contribution in [0.4, 0.5) is 10.5 Å². The number of urea groups is 1. The van der Waals surface area contributed by atoms with E-state index in [0.29, 0.717) is 5.02 Å².